The van der Waals surface area contributed by atoms with Crippen molar-refractivity contribution in [2.24, 2.45) is 5.73 Å². The highest BCUT2D eigenvalue weighted by molar-refractivity contribution is 6.18. The second kappa shape index (κ2) is 8.18. The lowest BCUT2D eigenvalue weighted by atomic mass is 10.0. The summed E-state index contributed by atoms with van der Waals surface area (Å²) in [6, 6.07) is 14.8. The minimum absolute atomic E-state index is 0.117. The maximum atomic E-state index is 13.8. The van der Waals surface area contributed by atoms with Crippen LogP contribution in [0.25, 0.3) is 33.1 Å². The van der Waals surface area contributed by atoms with Crippen molar-refractivity contribution < 1.29 is 35.6 Å². The smallest absolute Gasteiger partial charge is 0.416 e. The number of nitrogens with zero attached hydrogens (tertiary/aromatic N) is 1. The van der Waals surface area contributed by atoms with E-state index in [0.29, 0.717) is 39.2 Å². The predicted octanol–water partition coefficient (Wildman–Crippen LogP) is 7.24. The maximum Gasteiger partial charge on any atom is 0.416 e. The van der Waals surface area contributed by atoms with Crippen molar-refractivity contribution in [3.05, 3.63) is 95.2 Å². The SMILES string of the molecule is NC(=O)c1cccc2c1c1ccc(-c3ccco3)cc1n2Cc1ccc(C(F)(F)F)cc1C(F)(F)F. The zero-order valence-electron chi connectivity index (χ0n) is 18.2. The second-order valence-corrected chi connectivity index (χ2v) is 8.23. The Hall–Kier alpha value is -4.21. The fourth-order valence-corrected chi connectivity index (χ4v) is 4.44. The quantitative estimate of drug-likeness (QED) is 0.264. The summed E-state index contributed by atoms with van der Waals surface area (Å²) < 4.78 is 88.0. The van der Waals surface area contributed by atoms with Crippen molar-refractivity contribution in [1.82, 2.24) is 4.57 Å². The minimum atomic E-state index is -5.02. The number of furan rings is 1. The fraction of sp³-hybridized carbons (Fsp3) is 0.115. The van der Waals surface area contributed by atoms with Gasteiger partial charge in [-0.1, -0.05) is 24.3 Å². The van der Waals surface area contributed by atoms with Gasteiger partial charge in [0, 0.05) is 28.4 Å². The first kappa shape index (κ1) is 23.5. The highest BCUT2D eigenvalue weighted by Crippen LogP contribution is 2.40. The van der Waals surface area contributed by atoms with Crippen LogP contribution >= 0.6 is 0 Å². The van der Waals surface area contributed by atoms with Crippen molar-refractivity contribution in [3.8, 4) is 11.3 Å². The number of rotatable bonds is 4. The van der Waals surface area contributed by atoms with Gasteiger partial charge in [-0.25, -0.2) is 0 Å². The molecule has 10 heteroatoms. The van der Waals surface area contributed by atoms with Crippen molar-refractivity contribution in [2.75, 3.05) is 0 Å². The number of hydrogen-bond acceptors (Lipinski definition) is 2. The number of alkyl halides is 6. The van der Waals surface area contributed by atoms with Crippen LogP contribution in [0.15, 0.2) is 77.4 Å². The van der Waals surface area contributed by atoms with Gasteiger partial charge in [-0.15, -0.1) is 0 Å². The van der Waals surface area contributed by atoms with Crippen LogP contribution in [0.2, 0.25) is 0 Å². The van der Waals surface area contributed by atoms with Gasteiger partial charge in [0.2, 0.25) is 5.91 Å². The summed E-state index contributed by atoms with van der Waals surface area (Å²) in [6.45, 7) is -0.406. The molecule has 0 atom stereocenters. The zero-order chi connectivity index (χ0) is 25.8. The molecule has 0 saturated carbocycles. The van der Waals surface area contributed by atoms with Gasteiger partial charge in [0.05, 0.1) is 28.4 Å². The van der Waals surface area contributed by atoms with Gasteiger partial charge in [-0.2, -0.15) is 26.3 Å². The van der Waals surface area contributed by atoms with Crippen LogP contribution in [-0.4, -0.2) is 10.5 Å². The molecule has 0 spiro atoms. The summed E-state index contributed by atoms with van der Waals surface area (Å²) in [5.41, 5.74) is 4.09. The molecule has 3 aromatic carbocycles. The molecule has 2 aromatic heterocycles. The van der Waals surface area contributed by atoms with Gasteiger partial charge in [0.1, 0.15) is 5.76 Å². The van der Waals surface area contributed by atoms with E-state index in [4.69, 9.17) is 10.2 Å². The summed E-state index contributed by atoms with van der Waals surface area (Å²) in [4.78, 5) is 12.1. The van der Waals surface area contributed by atoms with E-state index >= 15 is 0 Å². The summed E-state index contributed by atoms with van der Waals surface area (Å²) >= 11 is 0. The van der Waals surface area contributed by atoms with Gasteiger partial charge in [0.25, 0.3) is 0 Å². The molecule has 2 heterocycles. The first-order chi connectivity index (χ1) is 16.9. The summed E-state index contributed by atoms with van der Waals surface area (Å²) in [7, 11) is 0. The Morgan fingerprint density at radius 2 is 1.64 bits per heavy atom. The zero-order valence-corrected chi connectivity index (χ0v) is 18.2. The molecule has 0 saturated heterocycles. The molecule has 5 aromatic rings. The number of nitrogens with two attached hydrogens (primary N) is 1. The fourth-order valence-electron chi connectivity index (χ4n) is 4.44. The molecule has 1 amide bonds. The number of benzene rings is 3. The van der Waals surface area contributed by atoms with Gasteiger partial charge >= 0.3 is 12.4 Å². The first-order valence-electron chi connectivity index (χ1n) is 10.6. The van der Waals surface area contributed by atoms with Crippen LogP contribution in [0, 0.1) is 0 Å². The third kappa shape index (κ3) is 3.98. The van der Waals surface area contributed by atoms with Crippen LogP contribution in [-0.2, 0) is 18.9 Å². The summed E-state index contributed by atoms with van der Waals surface area (Å²) in [6.07, 6.45) is -8.48. The number of carbonyl (C=O) groups is 1. The lowest BCUT2D eigenvalue weighted by Crippen LogP contribution is -2.15. The van der Waals surface area contributed by atoms with Crippen LogP contribution in [0.4, 0.5) is 26.3 Å². The monoisotopic (exact) mass is 502 g/mol. The van der Waals surface area contributed by atoms with Crippen molar-refractivity contribution >= 4 is 27.7 Å². The maximum absolute atomic E-state index is 13.8. The van der Waals surface area contributed by atoms with Gasteiger partial charge in [-0.05, 0) is 48.0 Å². The number of hydrogen-bond donors (Lipinski definition) is 1. The Morgan fingerprint density at radius 1 is 0.861 bits per heavy atom. The van der Waals surface area contributed by atoms with Crippen LogP contribution in [0.3, 0.4) is 0 Å². The highest BCUT2D eigenvalue weighted by atomic mass is 19.4. The Kier molecular flexibility index (Phi) is 5.35. The molecule has 0 unspecified atom stereocenters. The Labute approximate surface area is 199 Å². The number of aromatic nitrogens is 1. The number of carbonyl (C=O) groups excluding carboxylic acids is 1. The molecule has 0 aliphatic carbocycles. The molecular weight excluding hydrogens is 486 g/mol. The van der Waals surface area contributed by atoms with E-state index in [1.165, 1.54) is 16.9 Å². The Bertz CT molecular complexity index is 1610. The average Bonchev–Trinajstić information content (AvgIpc) is 3.45. The topological polar surface area (TPSA) is 61.2 Å². The Morgan fingerprint density at radius 3 is 2.28 bits per heavy atom. The molecule has 5 rings (SSSR count). The molecule has 184 valence electrons. The molecule has 36 heavy (non-hydrogen) atoms. The molecule has 2 N–H and O–H groups in total. The number of primary amides is 1. The Balaban J connectivity index is 1.79. The number of amides is 1. The van der Waals surface area contributed by atoms with E-state index in [2.05, 4.69) is 0 Å². The summed E-state index contributed by atoms with van der Waals surface area (Å²) in [5, 5.41) is 0.988. The van der Waals surface area contributed by atoms with Crippen molar-refractivity contribution in [1.29, 1.82) is 0 Å². The van der Waals surface area contributed by atoms with Gasteiger partial charge in [-0.3, -0.25) is 4.79 Å². The largest absolute Gasteiger partial charge is 0.464 e. The summed E-state index contributed by atoms with van der Waals surface area (Å²) in [5.74, 6) is -0.213. The molecular formula is C26H16F6N2O2. The molecule has 0 radical (unpaired) electrons. The lowest BCUT2D eigenvalue weighted by Gasteiger charge is -2.17. The first-order valence-corrected chi connectivity index (χ1v) is 10.6. The van der Waals surface area contributed by atoms with Crippen LogP contribution in [0.1, 0.15) is 27.0 Å². The van der Waals surface area contributed by atoms with E-state index in [-0.39, 0.29) is 17.2 Å². The predicted molar refractivity (Wildman–Crippen MR) is 121 cm³/mol. The molecule has 4 nitrogen and oxygen atoms in total. The lowest BCUT2D eigenvalue weighted by molar-refractivity contribution is -0.143. The molecule has 0 aliphatic rings. The number of halogens is 6. The van der Waals surface area contributed by atoms with Gasteiger partial charge < -0.3 is 14.7 Å². The standard InChI is InChI=1S/C26H16F6N2O2/c27-25(28,29)16-8-6-15(19(12-16)26(30,31)32)13-34-20-4-1-3-18(24(33)35)23(20)17-9-7-14(11-21(17)34)22-5-2-10-36-22/h1-12H,13H2,(H2,33,35). The third-order valence-corrected chi connectivity index (χ3v) is 6.03. The molecule has 0 aliphatic heterocycles. The van der Waals surface area contributed by atoms with E-state index in [1.807, 2.05) is 0 Å². The third-order valence-electron chi connectivity index (χ3n) is 6.03. The average molecular weight is 502 g/mol. The van der Waals surface area contributed by atoms with E-state index in [9.17, 15) is 31.1 Å². The second-order valence-electron chi connectivity index (χ2n) is 8.23. The molecule has 0 bridgehead atoms. The van der Waals surface area contributed by atoms with E-state index in [1.54, 1.807) is 42.5 Å². The van der Waals surface area contributed by atoms with Gasteiger partial charge in [0.15, 0.2) is 0 Å². The normalized spacial score (nSPS) is 12.5. The van der Waals surface area contributed by atoms with E-state index < -0.39 is 35.9 Å². The van der Waals surface area contributed by atoms with Crippen molar-refractivity contribution in [2.45, 2.75) is 18.9 Å². The van der Waals surface area contributed by atoms with Crippen LogP contribution in [0.5, 0.6) is 0 Å². The van der Waals surface area contributed by atoms with E-state index in [0.717, 1.165) is 6.07 Å². The highest BCUT2D eigenvalue weighted by Gasteiger charge is 2.38. The van der Waals surface area contributed by atoms with Crippen molar-refractivity contribution in [3.63, 3.8) is 0 Å². The van der Waals surface area contributed by atoms with Crippen LogP contribution < -0.4 is 5.73 Å². The number of fused-ring (bicyclic) bond motifs is 3. The minimum Gasteiger partial charge on any atom is -0.464 e. The molecule has 0 fully saturated rings.